The van der Waals surface area contributed by atoms with Gasteiger partial charge in [0.2, 0.25) is 5.91 Å². The number of hydrogen-bond donors (Lipinski definition) is 0. The van der Waals surface area contributed by atoms with Crippen LogP contribution in [0.1, 0.15) is 35.4 Å². The first-order chi connectivity index (χ1) is 10.6. The summed E-state index contributed by atoms with van der Waals surface area (Å²) in [5.74, 6) is -0.474. The number of halogens is 2. The van der Waals surface area contributed by atoms with Crippen molar-refractivity contribution in [2.24, 2.45) is 0 Å². The molecule has 0 N–H and O–H groups in total. The minimum atomic E-state index is -0.415. The lowest BCUT2D eigenvalue weighted by atomic mass is 9.97. The zero-order valence-corrected chi connectivity index (χ0v) is 13.9. The lowest BCUT2D eigenvalue weighted by Gasteiger charge is -2.35. The van der Waals surface area contributed by atoms with E-state index in [1.165, 1.54) is 16.5 Å². The molecule has 2 aromatic rings. The largest absolute Gasteiger partial charge is 0.335 e. The van der Waals surface area contributed by atoms with E-state index in [2.05, 4.69) is 18.4 Å². The second kappa shape index (κ2) is 6.39. The Labute approximate surface area is 138 Å². The number of nitrogens with zero attached hydrogens (tertiary/aromatic N) is 1. The van der Waals surface area contributed by atoms with E-state index in [1.807, 2.05) is 4.90 Å². The number of amides is 1. The van der Waals surface area contributed by atoms with E-state index in [1.54, 1.807) is 23.5 Å². The predicted molar refractivity (Wildman–Crippen MR) is 87.9 cm³/mol. The van der Waals surface area contributed by atoms with Gasteiger partial charge in [0, 0.05) is 22.0 Å². The summed E-state index contributed by atoms with van der Waals surface area (Å²) in [5, 5.41) is 2.39. The van der Waals surface area contributed by atoms with Gasteiger partial charge in [-0.2, -0.15) is 0 Å². The molecule has 22 heavy (non-hydrogen) atoms. The van der Waals surface area contributed by atoms with Gasteiger partial charge >= 0.3 is 0 Å². The van der Waals surface area contributed by atoms with Crippen molar-refractivity contribution >= 4 is 28.8 Å². The van der Waals surface area contributed by atoms with Crippen molar-refractivity contribution in [1.29, 1.82) is 0 Å². The molecule has 1 atom stereocenters. The van der Waals surface area contributed by atoms with Crippen molar-refractivity contribution in [2.75, 3.05) is 6.54 Å². The van der Waals surface area contributed by atoms with Gasteiger partial charge in [-0.15, -0.1) is 11.3 Å². The maximum absolute atomic E-state index is 13.9. The highest BCUT2D eigenvalue weighted by Gasteiger charge is 2.30. The van der Waals surface area contributed by atoms with Crippen LogP contribution in [0.15, 0.2) is 29.6 Å². The number of rotatable bonds is 3. The van der Waals surface area contributed by atoms with Crippen molar-refractivity contribution < 1.29 is 9.18 Å². The molecule has 0 aliphatic carbocycles. The van der Waals surface area contributed by atoms with E-state index >= 15 is 0 Å². The molecular weight excluding hydrogens is 321 g/mol. The van der Waals surface area contributed by atoms with Gasteiger partial charge in [-0.25, -0.2) is 4.39 Å². The van der Waals surface area contributed by atoms with Crippen LogP contribution in [-0.4, -0.2) is 17.4 Å². The third-order valence-electron chi connectivity index (χ3n) is 4.19. The molecule has 1 aromatic heterocycles. The highest BCUT2D eigenvalue weighted by Crippen LogP contribution is 2.35. The maximum Gasteiger partial charge on any atom is 0.227 e. The summed E-state index contributed by atoms with van der Waals surface area (Å²) in [5.41, 5.74) is 1.53. The van der Waals surface area contributed by atoms with Gasteiger partial charge in [0.15, 0.2) is 0 Å². The number of benzene rings is 1. The smallest absolute Gasteiger partial charge is 0.227 e. The molecule has 5 heteroatoms. The van der Waals surface area contributed by atoms with Crippen LogP contribution in [0.4, 0.5) is 4.39 Å². The average molecular weight is 338 g/mol. The Balaban J connectivity index is 1.84. The summed E-state index contributed by atoms with van der Waals surface area (Å²) in [6, 6.07) is 6.72. The van der Waals surface area contributed by atoms with Gasteiger partial charge in [0.25, 0.3) is 0 Å². The lowest BCUT2D eigenvalue weighted by molar-refractivity contribution is -0.133. The molecule has 0 radical (unpaired) electrons. The molecule has 2 nitrogen and oxygen atoms in total. The van der Waals surface area contributed by atoms with Crippen LogP contribution in [0, 0.1) is 5.82 Å². The van der Waals surface area contributed by atoms with Gasteiger partial charge in [0.1, 0.15) is 5.82 Å². The van der Waals surface area contributed by atoms with Gasteiger partial charge < -0.3 is 4.90 Å². The Kier molecular flexibility index (Phi) is 4.50. The fourth-order valence-electron chi connectivity index (χ4n) is 3.09. The van der Waals surface area contributed by atoms with Crippen LogP contribution in [0.5, 0.6) is 0 Å². The van der Waals surface area contributed by atoms with Crippen molar-refractivity contribution in [3.05, 3.63) is 56.5 Å². The Morgan fingerprint density at radius 3 is 3.00 bits per heavy atom. The molecule has 0 saturated carbocycles. The highest BCUT2D eigenvalue weighted by molar-refractivity contribution is 7.10. The molecule has 1 unspecified atom stereocenters. The van der Waals surface area contributed by atoms with Gasteiger partial charge in [-0.1, -0.05) is 24.6 Å². The number of thiophene rings is 1. The summed E-state index contributed by atoms with van der Waals surface area (Å²) >= 11 is 7.79. The third-order valence-corrected chi connectivity index (χ3v) is 5.54. The molecule has 0 saturated heterocycles. The normalized spacial score (nSPS) is 17.4. The van der Waals surface area contributed by atoms with Gasteiger partial charge in [-0.3, -0.25) is 4.79 Å². The molecule has 0 spiro atoms. The molecule has 3 rings (SSSR count). The summed E-state index contributed by atoms with van der Waals surface area (Å²) in [6.45, 7) is 2.77. The number of carbonyl (C=O) groups is 1. The summed E-state index contributed by atoms with van der Waals surface area (Å²) in [4.78, 5) is 15.9. The highest BCUT2D eigenvalue weighted by atomic mass is 35.5. The van der Waals surface area contributed by atoms with Crippen LogP contribution in [0.3, 0.4) is 0 Å². The molecule has 0 fully saturated rings. The van der Waals surface area contributed by atoms with E-state index in [4.69, 9.17) is 11.6 Å². The number of carbonyl (C=O) groups excluding carboxylic acids is 1. The Morgan fingerprint density at radius 2 is 2.27 bits per heavy atom. The molecule has 1 amide bonds. The van der Waals surface area contributed by atoms with Crippen LogP contribution >= 0.6 is 22.9 Å². The Hall–Kier alpha value is -1.39. The van der Waals surface area contributed by atoms with Crippen LogP contribution in [0.2, 0.25) is 5.02 Å². The quantitative estimate of drug-likeness (QED) is 0.800. The van der Waals surface area contributed by atoms with Crippen LogP contribution < -0.4 is 0 Å². The number of fused-ring (bicyclic) bond motifs is 1. The molecule has 1 aliphatic heterocycles. The zero-order valence-electron chi connectivity index (χ0n) is 12.3. The second-order valence-electron chi connectivity index (χ2n) is 5.44. The molecule has 0 bridgehead atoms. The summed E-state index contributed by atoms with van der Waals surface area (Å²) < 4.78 is 13.9. The molecule has 1 aromatic carbocycles. The monoisotopic (exact) mass is 337 g/mol. The van der Waals surface area contributed by atoms with E-state index in [0.717, 1.165) is 12.8 Å². The second-order valence-corrected chi connectivity index (χ2v) is 6.85. The first-order valence-electron chi connectivity index (χ1n) is 7.40. The van der Waals surface area contributed by atoms with Crippen molar-refractivity contribution in [2.45, 2.75) is 32.2 Å². The predicted octanol–water partition coefficient (Wildman–Crippen LogP) is 4.62. The summed E-state index contributed by atoms with van der Waals surface area (Å²) in [7, 11) is 0. The maximum atomic E-state index is 13.9. The van der Waals surface area contributed by atoms with E-state index in [9.17, 15) is 9.18 Å². The standard InChI is InChI=1S/C17H17ClFNOS/c1-2-15-11-7-9-22-16(11)6-8-20(15)17(21)10-12-13(18)4-3-5-14(12)19/h3-5,7,9,15H,2,6,8,10H2,1H3. The van der Waals surface area contributed by atoms with Gasteiger partial charge in [-0.05, 0) is 42.0 Å². The Morgan fingerprint density at radius 1 is 1.45 bits per heavy atom. The van der Waals surface area contributed by atoms with E-state index in [0.29, 0.717) is 17.1 Å². The van der Waals surface area contributed by atoms with E-state index in [-0.39, 0.29) is 18.4 Å². The SMILES string of the molecule is CCC1c2ccsc2CCN1C(=O)Cc1c(F)cccc1Cl. The van der Waals surface area contributed by atoms with Crippen LogP contribution in [-0.2, 0) is 17.6 Å². The van der Waals surface area contributed by atoms with Crippen molar-refractivity contribution in [3.63, 3.8) is 0 Å². The Bertz CT molecular complexity index is 679. The first-order valence-corrected chi connectivity index (χ1v) is 8.66. The first kappa shape index (κ1) is 15.5. The lowest BCUT2D eigenvalue weighted by Crippen LogP contribution is -2.40. The molecular formula is C17H17ClFNOS. The van der Waals surface area contributed by atoms with E-state index < -0.39 is 5.82 Å². The molecule has 116 valence electrons. The number of hydrogen-bond acceptors (Lipinski definition) is 2. The van der Waals surface area contributed by atoms with Crippen molar-refractivity contribution in [3.8, 4) is 0 Å². The fourth-order valence-corrected chi connectivity index (χ4v) is 4.25. The zero-order chi connectivity index (χ0) is 15.7. The average Bonchev–Trinajstić information content (AvgIpc) is 2.98. The minimum absolute atomic E-state index is 0.0154. The third kappa shape index (κ3) is 2.77. The molecule has 1 aliphatic rings. The summed E-state index contributed by atoms with van der Waals surface area (Å²) in [6.07, 6.45) is 1.75. The van der Waals surface area contributed by atoms with Gasteiger partial charge in [0.05, 0.1) is 12.5 Å². The van der Waals surface area contributed by atoms with Crippen LogP contribution in [0.25, 0.3) is 0 Å². The topological polar surface area (TPSA) is 20.3 Å². The minimum Gasteiger partial charge on any atom is -0.335 e. The fraction of sp³-hybridized carbons (Fsp3) is 0.353. The molecule has 2 heterocycles. The van der Waals surface area contributed by atoms with Crippen molar-refractivity contribution in [1.82, 2.24) is 4.90 Å².